The van der Waals surface area contributed by atoms with E-state index >= 15 is 0 Å². The predicted molar refractivity (Wildman–Crippen MR) is 111 cm³/mol. The Morgan fingerprint density at radius 3 is 2.55 bits per heavy atom. The summed E-state index contributed by atoms with van der Waals surface area (Å²) in [4.78, 5) is 19.2. The Labute approximate surface area is 168 Å². The van der Waals surface area contributed by atoms with Crippen molar-refractivity contribution in [1.82, 2.24) is 15.2 Å². The molecule has 1 amide bonds. The summed E-state index contributed by atoms with van der Waals surface area (Å²) in [5.41, 5.74) is 12.9. The van der Waals surface area contributed by atoms with E-state index in [1.165, 1.54) is 17.8 Å². The van der Waals surface area contributed by atoms with Crippen LogP contribution in [-0.4, -0.2) is 59.8 Å². The molecule has 1 aliphatic rings. The molecule has 1 heterocycles. The van der Waals surface area contributed by atoms with E-state index in [9.17, 15) is 9.90 Å². The van der Waals surface area contributed by atoms with Gasteiger partial charge in [0.25, 0.3) is 5.91 Å². The van der Waals surface area contributed by atoms with Crippen molar-refractivity contribution in [3.8, 4) is 5.75 Å². The van der Waals surface area contributed by atoms with E-state index in [1.807, 2.05) is 18.2 Å². The Kier molecular flexibility index (Phi) is 7.18. The smallest absolute Gasteiger partial charge is 0.254 e. The lowest BCUT2D eigenvalue weighted by Gasteiger charge is -2.34. The summed E-state index contributed by atoms with van der Waals surface area (Å²) in [5, 5.41) is 17.2. The number of aromatic hydroxyl groups is 1. The summed E-state index contributed by atoms with van der Waals surface area (Å²) in [6.07, 6.45) is 1.35. The van der Waals surface area contributed by atoms with E-state index in [-0.39, 0.29) is 18.2 Å². The van der Waals surface area contributed by atoms with Crippen molar-refractivity contribution >= 4 is 17.8 Å². The van der Waals surface area contributed by atoms with Crippen molar-refractivity contribution in [2.45, 2.75) is 6.54 Å². The molecule has 0 aromatic heterocycles. The van der Waals surface area contributed by atoms with Gasteiger partial charge in [0.2, 0.25) is 0 Å². The van der Waals surface area contributed by atoms with Crippen LogP contribution in [0.3, 0.4) is 0 Å². The molecule has 150 valence electrons. The molecule has 2 N–H and O–H groups in total. The zero-order chi connectivity index (χ0) is 20.5. The Balaban J connectivity index is 1.41. The Morgan fingerprint density at radius 1 is 1.14 bits per heavy atom. The highest BCUT2D eigenvalue weighted by Gasteiger charge is 2.18. The summed E-state index contributed by atoms with van der Waals surface area (Å²) < 4.78 is 0. The van der Waals surface area contributed by atoms with Crippen LogP contribution in [0.1, 0.15) is 11.1 Å². The third-order valence-corrected chi connectivity index (χ3v) is 4.65. The van der Waals surface area contributed by atoms with Gasteiger partial charge in [-0.3, -0.25) is 14.6 Å². The first-order chi connectivity index (χ1) is 14.1. The number of hydrogen-bond acceptors (Lipinski definition) is 6. The van der Waals surface area contributed by atoms with Crippen molar-refractivity contribution in [1.29, 1.82) is 0 Å². The quantitative estimate of drug-likeness (QED) is 0.247. The van der Waals surface area contributed by atoms with Gasteiger partial charge in [0.15, 0.2) is 0 Å². The summed E-state index contributed by atoms with van der Waals surface area (Å²) in [7, 11) is 0. The van der Waals surface area contributed by atoms with Gasteiger partial charge in [-0.15, -0.1) is 0 Å². The number of amides is 1. The first-order valence-corrected chi connectivity index (χ1v) is 9.33. The second-order valence-corrected chi connectivity index (χ2v) is 6.76. The second kappa shape index (κ2) is 10.2. The number of hydrazone groups is 1. The molecule has 0 bridgehead atoms. The number of carbonyl (C=O) groups excluding carboxylic acids is 1. The maximum absolute atomic E-state index is 12.1. The number of hydrogen-bond donors (Lipinski definition) is 2. The van der Waals surface area contributed by atoms with Crippen molar-refractivity contribution < 1.29 is 9.90 Å². The van der Waals surface area contributed by atoms with Gasteiger partial charge in [-0.25, -0.2) is 5.43 Å². The zero-order valence-corrected chi connectivity index (χ0v) is 16.0. The number of rotatable bonds is 7. The number of nitrogens with zero attached hydrogens (tertiary/aromatic N) is 6. The van der Waals surface area contributed by atoms with Crippen LogP contribution in [0.25, 0.3) is 10.4 Å². The van der Waals surface area contributed by atoms with E-state index in [4.69, 9.17) is 5.53 Å². The molecule has 1 fully saturated rings. The second-order valence-electron chi connectivity index (χ2n) is 6.76. The van der Waals surface area contributed by atoms with Crippen LogP contribution >= 0.6 is 0 Å². The summed E-state index contributed by atoms with van der Waals surface area (Å²) >= 11 is 0. The third kappa shape index (κ3) is 6.32. The topological polar surface area (TPSA) is 117 Å². The molecule has 0 atom stereocenters. The van der Waals surface area contributed by atoms with Crippen molar-refractivity contribution in [3.63, 3.8) is 0 Å². The fourth-order valence-electron chi connectivity index (χ4n) is 3.11. The molecule has 0 spiro atoms. The zero-order valence-electron chi connectivity index (χ0n) is 16.0. The molecule has 0 aliphatic carbocycles. The molecule has 9 heteroatoms. The maximum Gasteiger partial charge on any atom is 0.254 e. The molecule has 1 saturated heterocycles. The van der Waals surface area contributed by atoms with E-state index in [1.54, 1.807) is 12.1 Å². The van der Waals surface area contributed by atoms with E-state index in [0.717, 1.165) is 32.7 Å². The van der Waals surface area contributed by atoms with Crippen LogP contribution in [0.4, 0.5) is 5.69 Å². The average molecular weight is 393 g/mol. The van der Waals surface area contributed by atoms with Gasteiger partial charge in [0.05, 0.1) is 12.8 Å². The average Bonchev–Trinajstić information content (AvgIpc) is 2.72. The van der Waals surface area contributed by atoms with E-state index < -0.39 is 0 Å². The molecule has 2 aromatic carbocycles. The highest BCUT2D eigenvalue weighted by molar-refractivity contribution is 5.86. The highest BCUT2D eigenvalue weighted by Crippen LogP contribution is 2.22. The SMILES string of the molecule is [N-]=[N+]=Nc1ccc(/C=N/NC(=O)CN2CCN(Cc3ccccc3)CC2)c(O)c1. The molecule has 0 saturated carbocycles. The Morgan fingerprint density at radius 2 is 1.86 bits per heavy atom. The van der Waals surface area contributed by atoms with E-state index in [2.05, 4.69) is 42.5 Å². The minimum Gasteiger partial charge on any atom is -0.507 e. The lowest BCUT2D eigenvalue weighted by atomic mass is 10.2. The van der Waals surface area contributed by atoms with Crippen molar-refractivity contribution in [3.05, 3.63) is 70.1 Å². The highest BCUT2D eigenvalue weighted by atomic mass is 16.3. The normalized spacial score (nSPS) is 15.2. The number of nitrogens with one attached hydrogen (secondary N) is 1. The monoisotopic (exact) mass is 393 g/mol. The molecule has 0 unspecified atom stereocenters. The molecular weight excluding hydrogens is 370 g/mol. The van der Waals surface area contributed by atoms with Crippen LogP contribution in [0.2, 0.25) is 0 Å². The molecule has 2 aromatic rings. The minimum atomic E-state index is -0.206. The van der Waals surface area contributed by atoms with Crippen molar-refractivity contribution in [2.24, 2.45) is 10.2 Å². The first kappa shape index (κ1) is 20.3. The Bertz CT molecular complexity index is 902. The number of phenolic OH excluding ortho intramolecular Hbond substituents is 1. The lowest BCUT2D eigenvalue weighted by Crippen LogP contribution is -2.48. The van der Waals surface area contributed by atoms with Crippen molar-refractivity contribution in [2.75, 3.05) is 32.7 Å². The van der Waals surface area contributed by atoms with Gasteiger partial charge in [0, 0.05) is 48.9 Å². The maximum atomic E-state index is 12.1. The van der Waals surface area contributed by atoms with Crippen LogP contribution in [-0.2, 0) is 11.3 Å². The number of carbonyl (C=O) groups is 1. The summed E-state index contributed by atoms with van der Waals surface area (Å²) in [5.74, 6) is -0.287. The van der Waals surface area contributed by atoms with Crippen LogP contribution in [0.5, 0.6) is 5.75 Å². The van der Waals surface area contributed by atoms with Crippen LogP contribution in [0.15, 0.2) is 58.7 Å². The Hall–Kier alpha value is -3.39. The molecule has 0 radical (unpaired) electrons. The lowest BCUT2D eigenvalue weighted by molar-refractivity contribution is -0.122. The van der Waals surface area contributed by atoms with E-state index in [0.29, 0.717) is 11.3 Å². The van der Waals surface area contributed by atoms with Crippen LogP contribution < -0.4 is 5.43 Å². The first-order valence-electron chi connectivity index (χ1n) is 9.33. The van der Waals surface area contributed by atoms with Gasteiger partial charge >= 0.3 is 0 Å². The van der Waals surface area contributed by atoms with Crippen LogP contribution in [0, 0.1) is 0 Å². The molecule has 9 nitrogen and oxygen atoms in total. The largest absolute Gasteiger partial charge is 0.507 e. The fourth-order valence-corrected chi connectivity index (χ4v) is 3.11. The number of benzene rings is 2. The fraction of sp³-hybridized carbons (Fsp3) is 0.300. The van der Waals surface area contributed by atoms with Gasteiger partial charge < -0.3 is 5.11 Å². The molecular formula is C20H23N7O2. The predicted octanol–water partition coefficient (Wildman–Crippen LogP) is 2.60. The summed E-state index contributed by atoms with van der Waals surface area (Å²) in [6, 6.07) is 14.8. The molecule has 3 rings (SSSR count). The number of phenols is 1. The minimum absolute atomic E-state index is 0.0811. The van der Waals surface area contributed by atoms with Gasteiger partial charge in [0.1, 0.15) is 5.75 Å². The molecule has 29 heavy (non-hydrogen) atoms. The standard InChI is InChI=1S/C20H23N7O2/c21-25-23-18-7-6-17(19(28)12-18)13-22-24-20(29)15-27-10-8-26(9-11-27)14-16-4-2-1-3-5-16/h1-7,12-13,28H,8-11,14-15H2,(H,24,29)/b22-13+. The van der Waals surface area contributed by atoms with Gasteiger partial charge in [-0.1, -0.05) is 41.5 Å². The van der Waals surface area contributed by atoms with Gasteiger partial charge in [-0.2, -0.15) is 5.10 Å². The molecule has 1 aliphatic heterocycles. The number of piperazine rings is 1. The van der Waals surface area contributed by atoms with Gasteiger partial charge in [-0.05, 0) is 23.2 Å². The summed E-state index contributed by atoms with van der Waals surface area (Å²) in [6.45, 7) is 4.68. The number of azide groups is 1. The third-order valence-electron chi connectivity index (χ3n) is 4.65.